The molecule has 1 fully saturated rings. The second kappa shape index (κ2) is 5.85. The van der Waals surface area contributed by atoms with Crippen LogP contribution in [-0.2, 0) is 4.79 Å². The molecule has 1 rings (SSSR count). The lowest BCUT2D eigenvalue weighted by Crippen LogP contribution is -2.50. The van der Waals surface area contributed by atoms with Gasteiger partial charge in [0.25, 0.3) is 0 Å². The fourth-order valence-corrected chi connectivity index (χ4v) is 2.61. The molecule has 0 aromatic rings. The minimum atomic E-state index is 0.153. The Morgan fingerprint density at radius 2 is 2.00 bits per heavy atom. The maximum Gasteiger partial charge on any atom is 0.220 e. The molecule has 0 unspecified atom stereocenters. The first-order chi connectivity index (χ1) is 7.10. The summed E-state index contributed by atoms with van der Waals surface area (Å²) >= 11 is 3.27. The fraction of sp³-hybridized carbons (Fsp3) is 0.909. The van der Waals surface area contributed by atoms with Crippen molar-refractivity contribution in [2.24, 2.45) is 0 Å². The predicted molar refractivity (Wildman–Crippen MR) is 66.3 cm³/mol. The molecule has 1 saturated carbocycles. The molecular formula is C11H21BrN2O. The van der Waals surface area contributed by atoms with E-state index in [-0.39, 0.29) is 11.4 Å². The molecule has 0 aliphatic heterocycles. The van der Waals surface area contributed by atoms with Crippen molar-refractivity contribution in [3.63, 3.8) is 0 Å². The Morgan fingerprint density at radius 3 is 2.47 bits per heavy atom. The van der Waals surface area contributed by atoms with Crippen molar-refractivity contribution >= 4 is 21.8 Å². The van der Waals surface area contributed by atoms with Crippen LogP contribution < -0.4 is 5.32 Å². The molecule has 15 heavy (non-hydrogen) atoms. The van der Waals surface area contributed by atoms with Crippen LogP contribution in [0.15, 0.2) is 0 Å². The molecule has 0 spiro atoms. The smallest absolute Gasteiger partial charge is 0.220 e. The maximum absolute atomic E-state index is 11.4. The molecule has 1 aliphatic rings. The second-order valence-corrected chi connectivity index (χ2v) is 5.33. The number of nitrogens with one attached hydrogen (secondary N) is 1. The van der Waals surface area contributed by atoms with E-state index in [1.165, 1.54) is 25.7 Å². The Balaban J connectivity index is 2.42. The number of rotatable bonds is 5. The average molecular weight is 277 g/mol. The van der Waals surface area contributed by atoms with E-state index in [0.717, 1.165) is 11.9 Å². The van der Waals surface area contributed by atoms with Crippen LogP contribution in [0, 0.1) is 0 Å². The first kappa shape index (κ1) is 13.0. The van der Waals surface area contributed by atoms with E-state index >= 15 is 0 Å². The topological polar surface area (TPSA) is 32.3 Å². The van der Waals surface area contributed by atoms with Gasteiger partial charge in [0, 0.05) is 23.8 Å². The standard InChI is InChI=1S/C11H21BrN2O/c1-14(2)11(6-3-4-7-11)9-13-10(15)5-8-12/h3-9H2,1-2H3,(H,13,15). The number of carbonyl (C=O) groups excluding carboxylic acids is 1. The van der Waals surface area contributed by atoms with Gasteiger partial charge >= 0.3 is 0 Å². The number of halogens is 1. The number of amides is 1. The van der Waals surface area contributed by atoms with Crippen molar-refractivity contribution in [3.8, 4) is 0 Å². The van der Waals surface area contributed by atoms with Gasteiger partial charge in [-0.05, 0) is 26.9 Å². The van der Waals surface area contributed by atoms with Crippen molar-refractivity contribution in [2.45, 2.75) is 37.6 Å². The second-order valence-electron chi connectivity index (χ2n) is 4.54. The van der Waals surface area contributed by atoms with Crippen molar-refractivity contribution < 1.29 is 4.79 Å². The van der Waals surface area contributed by atoms with Crippen LogP contribution in [0.25, 0.3) is 0 Å². The summed E-state index contributed by atoms with van der Waals surface area (Å²) in [5.41, 5.74) is 0.210. The van der Waals surface area contributed by atoms with E-state index in [0.29, 0.717) is 6.42 Å². The van der Waals surface area contributed by atoms with Gasteiger partial charge in [-0.2, -0.15) is 0 Å². The van der Waals surface area contributed by atoms with Gasteiger partial charge in [-0.25, -0.2) is 0 Å². The summed E-state index contributed by atoms with van der Waals surface area (Å²) in [4.78, 5) is 13.7. The minimum absolute atomic E-state index is 0.153. The van der Waals surface area contributed by atoms with E-state index in [1.807, 2.05) is 0 Å². The van der Waals surface area contributed by atoms with Gasteiger partial charge in [0.05, 0.1) is 0 Å². The lowest BCUT2D eigenvalue weighted by atomic mass is 9.96. The molecule has 0 atom stereocenters. The average Bonchev–Trinajstić information content (AvgIpc) is 2.65. The minimum Gasteiger partial charge on any atom is -0.354 e. The zero-order valence-corrected chi connectivity index (χ0v) is 11.3. The van der Waals surface area contributed by atoms with Crippen LogP contribution in [0.2, 0.25) is 0 Å². The van der Waals surface area contributed by atoms with E-state index in [4.69, 9.17) is 0 Å². The van der Waals surface area contributed by atoms with Crippen molar-refractivity contribution in [2.75, 3.05) is 26.0 Å². The molecule has 0 bridgehead atoms. The first-order valence-corrected chi connectivity index (χ1v) is 6.73. The van der Waals surface area contributed by atoms with Crippen LogP contribution in [-0.4, -0.2) is 42.3 Å². The van der Waals surface area contributed by atoms with Crippen molar-refractivity contribution in [3.05, 3.63) is 0 Å². The van der Waals surface area contributed by atoms with Gasteiger partial charge in [0.2, 0.25) is 5.91 Å². The highest BCUT2D eigenvalue weighted by Gasteiger charge is 2.35. The Kier molecular flexibility index (Phi) is 5.06. The fourth-order valence-electron chi connectivity index (χ4n) is 2.25. The SMILES string of the molecule is CN(C)C1(CNC(=O)CCBr)CCCC1. The molecular weight excluding hydrogens is 256 g/mol. The zero-order chi connectivity index (χ0) is 11.3. The van der Waals surface area contributed by atoms with Crippen LogP contribution >= 0.6 is 15.9 Å². The quantitative estimate of drug-likeness (QED) is 0.777. The normalized spacial score (nSPS) is 19.5. The Labute approximate surface area is 101 Å². The highest BCUT2D eigenvalue weighted by Crippen LogP contribution is 2.32. The van der Waals surface area contributed by atoms with Gasteiger partial charge < -0.3 is 10.2 Å². The molecule has 0 radical (unpaired) electrons. The Bertz CT molecular complexity index is 213. The summed E-state index contributed by atoms with van der Waals surface area (Å²) in [6.45, 7) is 0.797. The summed E-state index contributed by atoms with van der Waals surface area (Å²) in [5, 5.41) is 3.78. The summed E-state index contributed by atoms with van der Waals surface area (Å²) < 4.78 is 0. The van der Waals surface area contributed by atoms with Gasteiger partial charge in [-0.1, -0.05) is 28.8 Å². The number of hydrogen-bond donors (Lipinski definition) is 1. The third-order valence-corrected chi connectivity index (χ3v) is 3.82. The Morgan fingerprint density at radius 1 is 1.40 bits per heavy atom. The lowest BCUT2D eigenvalue weighted by Gasteiger charge is -2.36. The highest BCUT2D eigenvalue weighted by molar-refractivity contribution is 9.09. The van der Waals surface area contributed by atoms with E-state index in [2.05, 4.69) is 40.2 Å². The monoisotopic (exact) mass is 276 g/mol. The highest BCUT2D eigenvalue weighted by atomic mass is 79.9. The number of hydrogen-bond acceptors (Lipinski definition) is 2. The molecule has 0 aromatic carbocycles. The first-order valence-electron chi connectivity index (χ1n) is 5.61. The molecule has 0 saturated heterocycles. The summed E-state index contributed by atoms with van der Waals surface area (Å²) in [7, 11) is 4.23. The molecule has 0 aromatic heterocycles. The van der Waals surface area contributed by atoms with Gasteiger partial charge in [-0.15, -0.1) is 0 Å². The van der Waals surface area contributed by atoms with Crippen molar-refractivity contribution in [1.29, 1.82) is 0 Å². The van der Waals surface area contributed by atoms with Gasteiger partial charge in [-0.3, -0.25) is 4.79 Å². The van der Waals surface area contributed by atoms with E-state index < -0.39 is 0 Å². The molecule has 1 amide bonds. The predicted octanol–water partition coefficient (Wildman–Crippen LogP) is 1.76. The number of nitrogens with zero attached hydrogens (tertiary/aromatic N) is 1. The summed E-state index contributed by atoms with van der Waals surface area (Å²) in [6.07, 6.45) is 5.55. The van der Waals surface area contributed by atoms with Crippen molar-refractivity contribution in [1.82, 2.24) is 10.2 Å². The van der Waals surface area contributed by atoms with Gasteiger partial charge in [0.15, 0.2) is 0 Å². The largest absolute Gasteiger partial charge is 0.354 e. The molecule has 0 heterocycles. The van der Waals surface area contributed by atoms with Gasteiger partial charge in [0.1, 0.15) is 0 Å². The molecule has 3 nitrogen and oxygen atoms in total. The van der Waals surface area contributed by atoms with E-state index in [1.54, 1.807) is 0 Å². The number of likely N-dealkylation sites (N-methyl/N-ethyl adjacent to an activating group) is 1. The van der Waals surface area contributed by atoms with Crippen LogP contribution in [0.1, 0.15) is 32.1 Å². The Hall–Kier alpha value is -0.0900. The zero-order valence-electron chi connectivity index (χ0n) is 9.68. The molecule has 1 N–H and O–H groups in total. The third-order valence-electron chi connectivity index (χ3n) is 3.42. The summed E-state index contributed by atoms with van der Waals surface area (Å²) in [5.74, 6) is 0.153. The lowest BCUT2D eigenvalue weighted by molar-refractivity contribution is -0.121. The van der Waals surface area contributed by atoms with Crippen LogP contribution in [0.3, 0.4) is 0 Å². The van der Waals surface area contributed by atoms with E-state index in [9.17, 15) is 4.79 Å². The van der Waals surface area contributed by atoms with Crippen LogP contribution in [0.5, 0.6) is 0 Å². The van der Waals surface area contributed by atoms with Crippen LogP contribution in [0.4, 0.5) is 0 Å². The number of alkyl halides is 1. The molecule has 1 aliphatic carbocycles. The summed E-state index contributed by atoms with van der Waals surface area (Å²) in [6, 6.07) is 0. The third kappa shape index (κ3) is 3.45. The molecule has 4 heteroatoms. The maximum atomic E-state index is 11.4. The molecule has 88 valence electrons. The number of carbonyl (C=O) groups is 1.